The van der Waals surface area contributed by atoms with Crippen LogP contribution < -0.4 is 10.6 Å². The van der Waals surface area contributed by atoms with E-state index in [-0.39, 0.29) is 11.6 Å². The second kappa shape index (κ2) is 8.67. The van der Waals surface area contributed by atoms with Gasteiger partial charge in [0.2, 0.25) is 0 Å². The summed E-state index contributed by atoms with van der Waals surface area (Å²) in [6.45, 7) is 0. The Hall–Kier alpha value is -3.92. The van der Waals surface area contributed by atoms with E-state index in [1.54, 1.807) is 0 Å². The van der Waals surface area contributed by atoms with Crippen molar-refractivity contribution in [1.82, 2.24) is 0 Å². The third kappa shape index (κ3) is 4.00. The van der Waals surface area contributed by atoms with Gasteiger partial charge >= 0.3 is 0 Å². The van der Waals surface area contributed by atoms with Gasteiger partial charge in [0.15, 0.2) is 11.6 Å². The van der Waals surface area contributed by atoms with E-state index in [1.165, 1.54) is 0 Å². The number of anilines is 2. The number of ketones is 2. The van der Waals surface area contributed by atoms with Gasteiger partial charge in [-0.1, -0.05) is 48.5 Å². The Morgan fingerprint density at radius 2 is 0.938 bits per heavy atom. The van der Waals surface area contributed by atoms with Crippen LogP contribution in [0.2, 0.25) is 0 Å². The van der Waals surface area contributed by atoms with Gasteiger partial charge in [0.05, 0.1) is 0 Å². The first kappa shape index (κ1) is 20.0. The quantitative estimate of drug-likeness (QED) is 0.513. The molecule has 0 fully saturated rings. The molecule has 0 bridgehead atoms. The third-order valence-corrected chi connectivity index (χ3v) is 6.15. The predicted octanol–water partition coefficient (Wildman–Crippen LogP) is 5.94. The minimum atomic E-state index is 0.1000. The summed E-state index contributed by atoms with van der Waals surface area (Å²) in [5, 5.41) is 6.49. The van der Waals surface area contributed by atoms with Crippen molar-refractivity contribution in [3.63, 3.8) is 0 Å². The molecular weight excluding hydrogens is 396 g/mol. The zero-order chi connectivity index (χ0) is 21.9. The fourth-order valence-electron chi connectivity index (χ4n) is 4.31. The van der Waals surface area contributed by atoms with E-state index >= 15 is 0 Å². The van der Waals surface area contributed by atoms with Crippen LogP contribution in [0.15, 0.2) is 96.3 Å². The summed E-state index contributed by atoms with van der Waals surface area (Å²) < 4.78 is 0. The molecule has 0 spiro atoms. The number of carbonyl (C=O) groups excluding carboxylic acids is 2. The van der Waals surface area contributed by atoms with E-state index < -0.39 is 0 Å². The summed E-state index contributed by atoms with van der Waals surface area (Å²) in [7, 11) is 0. The zero-order valence-electron chi connectivity index (χ0n) is 17.7. The van der Waals surface area contributed by atoms with E-state index in [9.17, 15) is 9.59 Å². The van der Waals surface area contributed by atoms with E-state index in [4.69, 9.17) is 0 Å². The third-order valence-electron chi connectivity index (χ3n) is 6.15. The minimum absolute atomic E-state index is 0.1000. The molecule has 3 aromatic rings. The van der Waals surface area contributed by atoms with Gasteiger partial charge in [0, 0.05) is 46.0 Å². The van der Waals surface area contributed by atoms with Gasteiger partial charge in [0.1, 0.15) is 0 Å². The first-order valence-corrected chi connectivity index (χ1v) is 11.0. The Bertz CT molecular complexity index is 1150. The maximum Gasteiger partial charge on any atom is 0.190 e. The fraction of sp³-hybridized carbons (Fsp3) is 0.143. The number of nitrogens with one attached hydrogen (secondary N) is 2. The maximum atomic E-state index is 12.7. The molecule has 4 nitrogen and oxygen atoms in total. The van der Waals surface area contributed by atoms with Crippen LogP contribution in [0.4, 0.5) is 11.4 Å². The highest BCUT2D eigenvalue weighted by Crippen LogP contribution is 2.26. The van der Waals surface area contributed by atoms with Crippen LogP contribution in [-0.4, -0.2) is 11.6 Å². The Morgan fingerprint density at radius 3 is 1.38 bits per heavy atom. The van der Waals surface area contributed by atoms with Gasteiger partial charge < -0.3 is 10.6 Å². The molecular formula is C28H24N2O2. The van der Waals surface area contributed by atoms with Crippen LogP contribution in [0.1, 0.15) is 44.7 Å². The monoisotopic (exact) mass is 420 g/mol. The summed E-state index contributed by atoms with van der Waals surface area (Å²) in [6, 6.07) is 23.5. The molecule has 0 aliphatic heterocycles. The van der Waals surface area contributed by atoms with Crippen LogP contribution in [0.5, 0.6) is 0 Å². The number of rotatable bonds is 4. The SMILES string of the molecule is O=C1/C(=C\Nc2ccc(N/C=C3\CCc4ccccc4C3=O)cc2)CCc2ccccc21. The normalized spacial score (nSPS) is 17.8. The highest BCUT2D eigenvalue weighted by molar-refractivity contribution is 6.11. The average Bonchev–Trinajstić information content (AvgIpc) is 2.84. The minimum Gasteiger partial charge on any atom is -0.361 e. The molecule has 5 rings (SSSR count). The fourth-order valence-corrected chi connectivity index (χ4v) is 4.31. The number of aryl methyl sites for hydroxylation is 2. The van der Waals surface area contributed by atoms with Crippen molar-refractivity contribution in [2.24, 2.45) is 0 Å². The van der Waals surface area contributed by atoms with Crippen molar-refractivity contribution < 1.29 is 9.59 Å². The zero-order valence-corrected chi connectivity index (χ0v) is 17.7. The number of Topliss-reactive ketones (excluding diaryl/α,β-unsaturated/α-hetero) is 2. The molecule has 3 aromatic carbocycles. The lowest BCUT2D eigenvalue weighted by Crippen LogP contribution is -2.15. The molecule has 0 saturated heterocycles. The van der Waals surface area contributed by atoms with E-state index in [0.717, 1.165) is 70.5 Å². The van der Waals surface area contributed by atoms with Gasteiger partial charge in [-0.2, -0.15) is 0 Å². The first-order chi connectivity index (χ1) is 15.7. The topological polar surface area (TPSA) is 58.2 Å². The van der Waals surface area contributed by atoms with Gasteiger partial charge in [-0.05, 0) is 61.1 Å². The number of allylic oxidation sites excluding steroid dienone is 2. The van der Waals surface area contributed by atoms with Crippen molar-refractivity contribution in [2.75, 3.05) is 10.6 Å². The van der Waals surface area contributed by atoms with Gasteiger partial charge in [0.25, 0.3) is 0 Å². The van der Waals surface area contributed by atoms with Crippen LogP contribution in [0.25, 0.3) is 0 Å². The molecule has 0 atom stereocenters. The van der Waals surface area contributed by atoms with Crippen molar-refractivity contribution in [3.8, 4) is 0 Å². The van der Waals surface area contributed by atoms with Crippen molar-refractivity contribution in [1.29, 1.82) is 0 Å². The number of hydrogen-bond acceptors (Lipinski definition) is 4. The second-order valence-corrected chi connectivity index (χ2v) is 8.18. The number of benzene rings is 3. The molecule has 2 N–H and O–H groups in total. The molecule has 4 heteroatoms. The van der Waals surface area contributed by atoms with Crippen LogP contribution in [-0.2, 0) is 12.8 Å². The highest BCUT2D eigenvalue weighted by atomic mass is 16.1. The number of hydrogen-bond donors (Lipinski definition) is 2. The Balaban J connectivity index is 1.23. The van der Waals surface area contributed by atoms with Crippen molar-refractivity contribution in [2.45, 2.75) is 25.7 Å². The summed E-state index contributed by atoms with van der Waals surface area (Å²) >= 11 is 0. The second-order valence-electron chi connectivity index (χ2n) is 8.18. The smallest absolute Gasteiger partial charge is 0.190 e. The van der Waals surface area contributed by atoms with E-state index in [0.29, 0.717) is 0 Å². The van der Waals surface area contributed by atoms with Crippen LogP contribution in [0, 0.1) is 0 Å². The van der Waals surface area contributed by atoms with Gasteiger partial charge in [-0.3, -0.25) is 9.59 Å². The molecule has 0 unspecified atom stereocenters. The number of carbonyl (C=O) groups is 2. The summed E-state index contributed by atoms with van der Waals surface area (Å²) in [5.41, 5.74) is 7.27. The Labute approximate surface area is 187 Å². The molecule has 2 aliphatic rings. The molecule has 32 heavy (non-hydrogen) atoms. The van der Waals surface area contributed by atoms with Crippen molar-refractivity contribution in [3.05, 3.63) is 119 Å². The van der Waals surface area contributed by atoms with Gasteiger partial charge in [-0.25, -0.2) is 0 Å². The molecule has 2 aliphatic carbocycles. The Kier molecular flexibility index (Phi) is 5.42. The highest BCUT2D eigenvalue weighted by Gasteiger charge is 2.22. The largest absolute Gasteiger partial charge is 0.361 e. The average molecular weight is 421 g/mol. The molecule has 0 amide bonds. The lowest BCUT2D eigenvalue weighted by Gasteiger charge is -2.17. The van der Waals surface area contributed by atoms with Gasteiger partial charge in [-0.15, -0.1) is 0 Å². The maximum absolute atomic E-state index is 12.7. The number of fused-ring (bicyclic) bond motifs is 2. The van der Waals surface area contributed by atoms with E-state index in [1.807, 2.05) is 85.2 Å². The Morgan fingerprint density at radius 1 is 0.531 bits per heavy atom. The lowest BCUT2D eigenvalue weighted by molar-refractivity contribution is 0.101. The van der Waals surface area contributed by atoms with Crippen LogP contribution in [0.3, 0.4) is 0 Å². The first-order valence-electron chi connectivity index (χ1n) is 11.0. The molecule has 0 aromatic heterocycles. The molecule has 0 saturated carbocycles. The van der Waals surface area contributed by atoms with E-state index in [2.05, 4.69) is 10.6 Å². The molecule has 158 valence electrons. The summed E-state index contributed by atoms with van der Waals surface area (Å²) in [6.07, 6.45) is 6.90. The lowest BCUT2D eigenvalue weighted by atomic mass is 9.87. The molecule has 0 heterocycles. The predicted molar refractivity (Wildman–Crippen MR) is 128 cm³/mol. The molecule has 0 radical (unpaired) electrons. The summed E-state index contributed by atoms with van der Waals surface area (Å²) in [5.74, 6) is 0.200. The standard InChI is InChI=1S/C28H24N2O2/c31-27-21(11-9-19-5-1-3-7-25(19)27)17-29-23-13-15-24(16-14-23)30-18-22-12-10-20-6-2-4-8-26(20)28(22)32/h1-8,13-18,29-30H,9-12H2/b21-17-,22-18+. The van der Waals surface area contributed by atoms with Crippen LogP contribution >= 0.6 is 0 Å². The van der Waals surface area contributed by atoms with Crippen molar-refractivity contribution >= 4 is 22.9 Å². The summed E-state index contributed by atoms with van der Waals surface area (Å²) in [4.78, 5) is 25.4.